The average Bonchev–Trinajstić information content (AvgIpc) is 2.26. The third-order valence-electron chi connectivity index (χ3n) is 2.61. The highest BCUT2D eigenvalue weighted by Crippen LogP contribution is 2.38. The number of alkyl halides is 3. The fourth-order valence-corrected chi connectivity index (χ4v) is 1.63. The van der Waals surface area contributed by atoms with Gasteiger partial charge in [0.1, 0.15) is 5.60 Å². The maximum Gasteiger partial charge on any atom is 0.329 e. The van der Waals surface area contributed by atoms with E-state index in [9.17, 15) is 13.9 Å². The van der Waals surface area contributed by atoms with Crippen molar-refractivity contribution >= 4 is 15.9 Å². The Morgan fingerprint density at radius 1 is 1.22 bits per heavy atom. The van der Waals surface area contributed by atoms with E-state index in [1.807, 2.05) is 0 Å². The summed E-state index contributed by atoms with van der Waals surface area (Å²) in [5, 5.41) is 9.73. The van der Waals surface area contributed by atoms with Gasteiger partial charge in [-0.1, -0.05) is 6.07 Å². The number of rotatable bonds is 5. The van der Waals surface area contributed by atoms with Crippen LogP contribution in [-0.4, -0.2) is 29.8 Å². The molecule has 0 aliphatic carbocycles. The number of halogens is 3. The van der Waals surface area contributed by atoms with E-state index in [4.69, 9.17) is 9.47 Å². The number of hydrogen-bond acceptors (Lipinski definition) is 3. The monoisotopic (exact) mass is 324 g/mol. The van der Waals surface area contributed by atoms with Crippen molar-refractivity contribution in [3.63, 3.8) is 0 Å². The molecule has 1 aromatic carbocycles. The van der Waals surface area contributed by atoms with E-state index in [0.717, 1.165) is 6.92 Å². The number of ether oxygens (including phenoxy) is 2. The standard InChI is InChI=1S/C12H15BrF2O3/c1-11(16,12(13,14)15)7-8-4-5-9(17-2)10(6-8)18-3/h4-6,16H,7H2,1-3H3. The topological polar surface area (TPSA) is 38.7 Å². The Hall–Kier alpha value is -0.880. The molecule has 0 saturated heterocycles. The van der Waals surface area contributed by atoms with Crippen LogP contribution in [0, 0.1) is 0 Å². The maximum absolute atomic E-state index is 13.1. The van der Waals surface area contributed by atoms with Crippen LogP contribution in [0.5, 0.6) is 11.5 Å². The summed E-state index contributed by atoms with van der Waals surface area (Å²) in [5.41, 5.74) is -1.66. The van der Waals surface area contributed by atoms with E-state index in [0.29, 0.717) is 17.1 Å². The lowest BCUT2D eigenvalue weighted by Gasteiger charge is -2.28. The Bertz CT molecular complexity index is 416. The van der Waals surface area contributed by atoms with Crippen molar-refractivity contribution in [3.05, 3.63) is 23.8 Å². The summed E-state index contributed by atoms with van der Waals surface area (Å²) in [6.07, 6.45) is -0.217. The van der Waals surface area contributed by atoms with Crippen LogP contribution in [0.1, 0.15) is 12.5 Å². The molecule has 0 spiro atoms. The van der Waals surface area contributed by atoms with Gasteiger partial charge in [-0.05, 0) is 40.5 Å². The molecule has 3 nitrogen and oxygen atoms in total. The van der Waals surface area contributed by atoms with Crippen LogP contribution in [0.15, 0.2) is 18.2 Å². The van der Waals surface area contributed by atoms with Crippen molar-refractivity contribution in [2.45, 2.75) is 23.8 Å². The molecule has 0 saturated carbocycles. The van der Waals surface area contributed by atoms with Crippen LogP contribution in [0.4, 0.5) is 8.78 Å². The van der Waals surface area contributed by atoms with Crippen LogP contribution in [0.2, 0.25) is 0 Å². The zero-order chi connectivity index (χ0) is 14.0. The first-order valence-electron chi connectivity index (χ1n) is 5.21. The lowest BCUT2D eigenvalue weighted by Crippen LogP contribution is -2.42. The molecule has 1 aromatic rings. The first-order valence-corrected chi connectivity index (χ1v) is 6.00. The lowest BCUT2D eigenvalue weighted by atomic mass is 9.96. The summed E-state index contributed by atoms with van der Waals surface area (Å²) in [6.45, 7) is 1.07. The summed E-state index contributed by atoms with van der Waals surface area (Å²) in [6, 6.07) is 4.78. The number of aliphatic hydroxyl groups is 1. The molecule has 1 atom stereocenters. The van der Waals surface area contributed by atoms with Gasteiger partial charge < -0.3 is 14.6 Å². The molecule has 0 aromatic heterocycles. The maximum atomic E-state index is 13.1. The molecule has 102 valence electrons. The minimum atomic E-state index is -3.37. The smallest absolute Gasteiger partial charge is 0.329 e. The number of methoxy groups -OCH3 is 2. The van der Waals surface area contributed by atoms with Gasteiger partial charge in [-0.25, -0.2) is 0 Å². The Kier molecular flexibility index (Phi) is 4.55. The summed E-state index contributed by atoms with van der Waals surface area (Å²) >= 11 is 2.18. The second-order valence-electron chi connectivity index (χ2n) is 4.14. The third kappa shape index (κ3) is 3.32. The van der Waals surface area contributed by atoms with Crippen molar-refractivity contribution in [1.82, 2.24) is 0 Å². The summed E-state index contributed by atoms with van der Waals surface area (Å²) in [7, 11) is 2.94. The molecule has 0 aliphatic rings. The van der Waals surface area contributed by atoms with E-state index >= 15 is 0 Å². The Balaban J connectivity index is 2.99. The molecular formula is C12H15BrF2O3. The zero-order valence-electron chi connectivity index (χ0n) is 10.3. The molecule has 0 amide bonds. The van der Waals surface area contributed by atoms with Crippen molar-refractivity contribution in [1.29, 1.82) is 0 Å². The van der Waals surface area contributed by atoms with Crippen molar-refractivity contribution < 1.29 is 23.4 Å². The van der Waals surface area contributed by atoms with Gasteiger partial charge in [-0.2, -0.15) is 8.78 Å². The van der Waals surface area contributed by atoms with Gasteiger partial charge in [0.25, 0.3) is 0 Å². The van der Waals surface area contributed by atoms with Gasteiger partial charge in [0.15, 0.2) is 11.5 Å². The Morgan fingerprint density at radius 3 is 2.22 bits per heavy atom. The van der Waals surface area contributed by atoms with Gasteiger partial charge in [0.05, 0.1) is 14.2 Å². The van der Waals surface area contributed by atoms with Crippen LogP contribution in [0.25, 0.3) is 0 Å². The Morgan fingerprint density at radius 2 is 1.78 bits per heavy atom. The predicted octanol–water partition coefficient (Wildman–Crippen LogP) is 2.99. The van der Waals surface area contributed by atoms with Gasteiger partial charge in [0.2, 0.25) is 0 Å². The highest BCUT2D eigenvalue weighted by Gasteiger charge is 2.46. The Labute approximate surface area is 113 Å². The van der Waals surface area contributed by atoms with E-state index < -0.39 is 10.4 Å². The molecule has 0 bridgehead atoms. The molecule has 0 heterocycles. The van der Waals surface area contributed by atoms with Crippen LogP contribution >= 0.6 is 15.9 Å². The molecule has 6 heteroatoms. The molecule has 1 unspecified atom stereocenters. The minimum absolute atomic E-state index is 0.217. The second-order valence-corrected chi connectivity index (χ2v) is 5.13. The second kappa shape index (κ2) is 5.40. The van der Waals surface area contributed by atoms with E-state index in [2.05, 4.69) is 15.9 Å². The molecule has 18 heavy (non-hydrogen) atoms. The minimum Gasteiger partial charge on any atom is -0.493 e. The fraction of sp³-hybridized carbons (Fsp3) is 0.500. The molecule has 0 aliphatic heterocycles. The van der Waals surface area contributed by atoms with Crippen LogP contribution in [0.3, 0.4) is 0 Å². The quantitative estimate of drug-likeness (QED) is 0.846. The van der Waals surface area contributed by atoms with Crippen molar-refractivity contribution in [3.8, 4) is 11.5 Å². The largest absolute Gasteiger partial charge is 0.493 e. The van der Waals surface area contributed by atoms with Crippen LogP contribution < -0.4 is 9.47 Å². The van der Waals surface area contributed by atoms with Gasteiger partial charge >= 0.3 is 4.83 Å². The average molecular weight is 325 g/mol. The summed E-state index contributed by atoms with van der Waals surface area (Å²) in [5.74, 6) is 0.940. The number of benzene rings is 1. The van der Waals surface area contributed by atoms with Gasteiger partial charge in [-0.15, -0.1) is 0 Å². The van der Waals surface area contributed by atoms with Gasteiger partial charge in [0, 0.05) is 6.42 Å². The van der Waals surface area contributed by atoms with E-state index in [1.54, 1.807) is 18.2 Å². The third-order valence-corrected chi connectivity index (χ3v) is 3.46. The molecular weight excluding hydrogens is 310 g/mol. The van der Waals surface area contributed by atoms with E-state index in [1.165, 1.54) is 14.2 Å². The SMILES string of the molecule is COc1ccc(CC(C)(O)C(F)(F)Br)cc1OC. The molecule has 0 fully saturated rings. The first-order chi connectivity index (χ1) is 8.21. The van der Waals surface area contributed by atoms with Crippen molar-refractivity contribution in [2.75, 3.05) is 14.2 Å². The highest BCUT2D eigenvalue weighted by atomic mass is 79.9. The fourth-order valence-electron chi connectivity index (χ4n) is 1.49. The van der Waals surface area contributed by atoms with Gasteiger partial charge in [-0.3, -0.25) is 0 Å². The molecule has 1 N–H and O–H groups in total. The van der Waals surface area contributed by atoms with E-state index in [-0.39, 0.29) is 6.42 Å². The molecule has 0 radical (unpaired) electrons. The molecule has 1 rings (SSSR count). The summed E-state index contributed by atoms with van der Waals surface area (Å²) < 4.78 is 36.4. The summed E-state index contributed by atoms with van der Waals surface area (Å²) in [4.78, 5) is -3.37. The predicted molar refractivity (Wildman–Crippen MR) is 67.7 cm³/mol. The number of hydrogen-bond donors (Lipinski definition) is 1. The van der Waals surface area contributed by atoms with Crippen LogP contribution in [-0.2, 0) is 6.42 Å². The lowest BCUT2D eigenvalue weighted by molar-refractivity contribution is -0.102. The zero-order valence-corrected chi connectivity index (χ0v) is 11.9. The highest BCUT2D eigenvalue weighted by molar-refractivity contribution is 9.10. The normalized spacial score (nSPS) is 15.1. The van der Waals surface area contributed by atoms with Crippen molar-refractivity contribution in [2.24, 2.45) is 0 Å². The first kappa shape index (κ1) is 15.2.